The highest BCUT2D eigenvalue weighted by Crippen LogP contribution is 2.33. The molecule has 0 unspecified atom stereocenters. The van der Waals surface area contributed by atoms with Crippen molar-refractivity contribution in [1.82, 2.24) is 9.88 Å². The second kappa shape index (κ2) is 9.79. The zero-order valence-corrected chi connectivity index (χ0v) is 20.0. The first-order valence-corrected chi connectivity index (χ1v) is 12.5. The summed E-state index contributed by atoms with van der Waals surface area (Å²) in [6.45, 7) is 1.38. The Hall–Kier alpha value is -1.77. The molecule has 160 valence electrons. The van der Waals surface area contributed by atoms with Gasteiger partial charge in [0.05, 0.1) is 16.3 Å². The van der Waals surface area contributed by atoms with E-state index in [4.69, 9.17) is 34.8 Å². The van der Waals surface area contributed by atoms with Crippen molar-refractivity contribution in [1.29, 1.82) is 0 Å². The molecular formula is C21H16Cl3N3O2S2. The summed E-state index contributed by atoms with van der Waals surface area (Å²) in [6.07, 6.45) is 0. The van der Waals surface area contributed by atoms with Crippen LogP contribution in [0.25, 0.3) is 0 Å². The van der Waals surface area contributed by atoms with Gasteiger partial charge in [0.25, 0.3) is 11.8 Å². The molecule has 0 bridgehead atoms. The Bertz CT molecular complexity index is 1120. The van der Waals surface area contributed by atoms with Crippen molar-refractivity contribution in [2.75, 3.05) is 29.5 Å². The maximum Gasteiger partial charge on any atom is 0.273 e. The number of halogens is 3. The van der Waals surface area contributed by atoms with Gasteiger partial charge < -0.3 is 4.90 Å². The molecule has 1 aromatic heterocycles. The van der Waals surface area contributed by atoms with Gasteiger partial charge in [-0.1, -0.05) is 34.8 Å². The fourth-order valence-electron chi connectivity index (χ4n) is 3.08. The van der Waals surface area contributed by atoms with Crippen LogP contribution < -0.4 is 4.90 Å². The molecule has 5 nitrogen and oxygen atoms in total. The Labute approximate surface area is 202 Å². The lowest BCUT2D eigenvalue weighted by molar-refractivity contribution is 0.0766. The SMILES string of the molecule is O=C(c1csc(N(C(=O)c2ccc(Cl)cc2Cl)c2ccc(Cl)cc2)n1)N1CCSCC1. The molecule has 2 aromatic carbocycles. The van der Waals surface area contributed by atoms with E-state index in [0.717, 1.165) is 11.5 Å². The topological polar surface area (TPSA) is 53.5 Å². The second-order valence-corrected chi connectivity index (χ2v) is 10.0. The van der Waals surface area contributed by atoms with Crippen LogP contribution in [0.2, 0.25) is 15.1 Å². The summed E-state index contributed by atoms with van der Waals surface area (Å²) in [5.41, 5.74) is 1.15. The van der Waals surface area contributed by atoms with Gasteiger partial charge in [-0.05, 0) is 42.5 Å². The minimum atomic E-state index is -0.383. The summed E-state index contributed by atoms with van der Waals surface area (Å²) in [4.78, 5) is 34.1. The molecule has 0 spiro atoms. The molecule has 31 heavy (non-hydrogen) atoms. The van der Waals surface area contributed by atoms with E-state index >= 15 is 0 Å². The Morgan fingerprint density at radius 2 is 1.65 bits per heavy atom. The van der Waals surface area contributed by atoms with E-state index in [1.165, 1.54) is 22.3 Å². The summed E-state index contributed by atoms with van der Waals surface area (Å²) >= 11 is 21.4. The minimum Gasteiger partial charge on any atom is -0.336 e. The van der Waals surface area contributed by atoms with Crippen LogP contribution in [0, 0.1) is 0 Å². The Balaban J connectivity index is 1.71. The fraction of sp³-hybridized carbons (Fsp3) is 0.190. The molecule has 0 N–H and O–H groups in total. The van der Waals surface area contributed by atoms with Crippen molar-refractivity contribution in [3.8, 4) is 0 Å². The summed E-state index contributed by atoms with van der Waals surface area (Å²) in [5, 5.41) is 3.25. The molecule has 0 aliphatic carbocycles. The first-order chi connectivity index (χ1) is 14.9. The predicted octanol–water partition coefficient (Wildman–Crippen LogP) is 6.27. The molecule has 1 aliphatic heterocycles. The van der Waals surface area contributed by atoms with E-state index < -0.39 is 0 Å². The average Bonchev–Trinajstić information content (AvgIpc) is 3.25. The number of hydrogen-bond donors (Lipinski definition) is 0. The third kappa shape index (κ3) is 5.02. The van der Waals surface area contributed by atoms with Gasteiger partial charge in [0.1, 0.15) is 5.69 Å². The number of rotatable bonds is 4. The second-order valence-electron chi connectivity index (χ2n) is 6.66. The van der Waals surface area contributed by atoms with Crippen LogP contribution in [0.15, 0.2) is 47.8 Å². The largest absolute Gasteiger partial charge is 0.336 e. The highest BCUT2D eigenvalue weighted by atomic mass is 35.5. The van der Waals surface area contributed by atoms with Gasteiger partial charge in [0.2, 0.25) is 0 Å². The molecule has 1 saturated heterocycles. The summed E-state index contributed by atoms with van der Waals surface area (Å²) in [7, 11) is 0. The smallest absolute Gasteiger partial charge is 0.273 e. The summed E-state index contributed by atoms with van der Waals surface area (Å²) in [5.74, 6) is 1.31. The number of anilines is 2. The van der Waals surface area contributed by atoms with Crippen molar-refractivity contribution in [2.24, 2.45) is 0 Å². The van der Waals surface area contributed by atoms with E-state index in [2.05, 4.69) is 4.98 Å². The average molecular weight is 513 g/mol. The summed E-state index contributed by atoms with van der Waals surface area (Å²) in [6, 6.07) is 11.5. The Morgan fingerprint density at radius 1 is 0.968 bits per heavy atom. The lowest BCUT2D eigenvalue weighted by Crippen LogP contribution is -2.38. The molecule has 2 amide bonds. The fourth-order valence-corrected chi connectivity index (χ4v) is 5.42. The Morgan fingerprint density at radius 3 is 2.32 bits per heavy atom. The van der Waals surface area contributed by atoms with Gasteiger partial charge in [-0.15, -0.1) is 11.3 Å². The molecule has 2 heterocycles. The van der Waals surface area contributed by atoms with Gasteiger partial charge >= 0.3 is 0 Å². The highest BCUT2D eigenvalue weighted by molar-refractivity contribution is 7.99. The van der Waals surface area contributed by atoms with Crippen LogP contribution in [-0.2, 0) is 0 Å². The molecule has 4 rings (SSSR count). The molecule has 3 aromatic rings. The standard InChI is InChI=1S/C21H16Cl3N3O2S2/c22-13-1-4-15(5-2-13)27(19(28)16-6-3-14(23)11-17(16)24)21-25-18(12-31-21)20(29)26-7-9-30-10-8-26/h1-6,11-12H,7-10H2. The van der Waals surface area contributed by atoms with Crippen molar-refractivity contribution >= 4 is 80.5 Å². The van der Waals surface area contributed by atoms with E-state index in [9.17, 15) is 9.59 Å². The van der Waals surface area contributed by atoms with E-state index in [0.29, 0.717) is 39.6 Å². The number of benzene rings is 2. The number of thiazole rings is 1. The predicted molar refractivity (Wildman–Crippen MR) is 130 cm³/mol. The third-order valence-corrected chi connectivity index (χ3v) is 7.22. The van der Waals surface area contributed by atoms with Gasteiger partial charge in [-0.3, -0.25) is 14.5 Å². The molecule has 0 radical (unpaired) electrons. The van der Waals surface area contributed by atoms with E-state index in [-0.39, 0.29) is 22.4 Å². The van der Waals surface area contributed by atoms with Crippen molar-refractivity contribution in [2.45, 2.75) is 0 Å². The van der Waals surface area contributed by atoms with Crippen LogP contribution in [0.3, 0.4) is 0 Å². The first-order valence-electron chi connectivity index (χ1n) is 9.31. The third-order valence-electron chi connectivity index (χ3n) is 4.65. The maximum absolute atomic E-state index is 13.5. The van der Waals surface area contributed by atoms with Crippen LogP contribution in [0.4, 0.5) is 10.8 Å². The first kappa shape index (κ1) is 22.4. The van der Waals surface area contributed by atoms with Gasteiger partial charge in [-0.2, -0.15) is 11.8 Å². The monoisotopic (exact) mass is 511 g/mol. The lowest BCUT2D eigenvalue weighted by atomic mass is 10.2. The number of nitrogens with zero attached hydrogens (tertiary/aromatic N) is 3. The van der Waals surface area contributed by atoms with Crippen molar-refractivity contribution in [3.63, 3.8) is 0 Å². The number of carbonyl (C=O) groups excluding carboxylic acids is 2. The summed E-state index contributed by atoms with van der Waals surface area (Å²) < 4.78 is 0. The minimum absolute atomic E-state index is 0.129. The molecule has 0 atom stereocenters. The van der Waals surface area contributed by atoms with Crippen LogP contribution >= 0.6 is 57.9 Å². The normalized spacial score (nSPS) is 13.8. The number of hydrogen-bond acceptors (Lipinski definition) is 5. The quantitative estimate of drug-likeness (QED) is 0.413. The molecular weight excluding hydrogens is 497 g/mol. The number of amides is 2. The van der Waals surface area contributed by atoms with E-state index in [1.54, 1.807) is 46.7 Å². The highest BCUT2D eigenvalue weighted by Gasteiger charge is 2.27. The van der Waals surface area contributed by atoms with Crippen LogP contribution in [-0.4, -0.2) is 46.3 Å². The molecule has 10 heteroatoms. The molecule has 0 saturated carbocycles. The van der Waals surface area contributed by atoms with Gasteiger partial charge in [0.15, 0.2) is 5.13 Å². The molecule has 1 aliphatic rings. The van der Waals surface area contributed by atoms with E-state index in [1.807, 2.05) is 11.8 Å². The van der Waals surface area contributed by atoms with Gasteiger partial charge in [-0.25, -0.2) is 4.98 Å². The van der Waals surface area contributed by atoms with Crippen molar-refractivity contribution in [3.05, 3.63) is 74.2 Å². The zero-order valence-electron chi connectivity index (χ0n) is 16.1. The number of carbonyl (C=O) groups is 2. The maximum atomic E-state index is 13.5. The van der Waals surface area contributed by atoms with Crippen LogP contribution in [0.5, 0.6) is 0 Å². The van der Waals surface area contributed by atoms with Crippen LogP contribution in [0.1, 0.15) is 20.8 Å². The number of thioether (sulfide) groups is 1. The zero-order chi connectivity index (χ0) is 22.0. The number of aromatic nitrogens is 1. The molecule has 1 fully saturated rings. The van der Waals surface area contributed by atoms with Gasteiger partial charge in [0, 0.05) is 40.0 Å². The van der Waals surface area contributed by atoms with Crippen molar-refractivity contribution < 1.29 is 9.59 Å². The Kier molecular flexibility index (Phi) is 7.08. The lowest BCUT2D eigenvalue weighted by Gasteiger charge is -2.25.